The van der Waals surface area contributed by atoms with E-state index < -0.39 is 12.0 Å². The number of carbonyl (C=O) groups is 1. The molecule has 6 heteroatoms. The van der Waals surface area contributed by atoms with Crippen molar-refractivity contribution < 1.29 is 19.7 Å². The number of carboxylic acid groups (broad SMARTS) is 1. The van der Waals surface area contributed by atoms with Gasteiger partial charge in [0, 0.05) is 29.7 Å². The summed E-state index contributed by atoms with van der Waals surface area (Å²) in [5, 5.41) is 19.2. The van der Waals surface area contributed by atoms with E-state index in [2.05, 4.69) is 0 Å². The molecule has 1 atom stereocenters. The number of nitrogens with two attached hydrogens (primary N) is 1. The Hall–Kier alpha value is -1.14. The molecule has 0 aliphatic carbocycles. The van der Waals surface area contributed by atoms with E-state index in [-0.39, 0.29) is 18.4 Å². The Morgan fingerprint density at radius 3 is 2.62 bits per heavy atom. The minimum Gasteiger partial charge on any atom is -0.481 e. The molecule has 21 heavy (non-hydrogen) atoms. The van der Waals surface area contributed by atoms with E-state index in [4.69, 9.17) is 27.2 Å². The lowest BCUT2D eigenvalue weighted by Crippen LogP contribution is -2.37. The molecule has 0 bridgehead atoms. The van der Waals surface area contributed by atoms with E-state index in [1.807, 2.05) is 12.1 Å². The first-order chi connectivity index (χ1) is 9.97. The molecular formula is C15H20ClNO4. The predicted molar refractivity (Wildman–Crippen MR) is 79.5 cm³/mol. The summed E-state index contributed by atoms with van der Waals surface area (Å²) in [4.78, 5) is 10.8. The second kappa shape index (κ2) is 6.75. The number of hydrogen-bond donors (Lipinski definition) is 3. The quantitative estimate of drug-likeness (QED) is 0.771. The largest absolute Gasteiger partial charge is 0.481 e. The Balaban J connectivity index is 2.35. The Kier molecular flexibility index (Phi) is 5.22. The highest BCUT2D eigenvalue weighted by Gasteiger charge is 2.34. The van der Waals surface area contributed by atoms with E-state index in [9.17, 15) is 9.90 Å². The number of hydrogen-bond acceptors (Lipinski definition) is 4. The number of halogens is 1. The predicted octanol–water partition coefficient (Wildman–Crippen LogP) is 1.85. The lowest BCUT2D eigenvalue weighted by atomic mass is 9.74. The van der Waals surface area contributed by atoms with Crippen molar-refractivity contribution in [3.05, 3.63) is 34.3 Å². The molecule has 1 aliphatic heterocycles. The Morgan fingerprint density at radius 1 is 1.38 bits per heavy atom. The second-order valence-corrected chi connectivity index (χ2v) is 5.96. The fourth-order valence-corrected chi connectivity index (χ4v) is 2.98. The molecule has 1 unspecified atom stereocenters. The summed E-state index contributed by atoms with van der Waals surface area (Å²) in [6.45, 7) is 1.18. The molecule has 1 aromatic rings. The third kappa shape index (κ3) is 3.74. The third-order valence-corrected chi connectivity index (χ3v) is 4.33. The fraction of sp³-hybridized carbons (Fsp3) is 0.533. The molecule has 1 fully saturated rings. The average Bonchev–Trinajstić information content (AvgIpc) is 2.46. The first kappa shape index (κ1) is 16.2. The summed E-state index contributed by atoms with van der Waals surface area (Å²) >= 11 is 6.15. The van der Waals surface area contributed by atoms with E-state index in [1.54, 1.807) is 6.07 Å². The Bertz CT molecular complexity index is 514. The molecule has 0 amide bonds. The van der Waals surface area contributed by atoms with Crippen LogP contribution in [-0.2, 0) is 14.9 Å². The summed E-state index contributed by atoms with van der Waals surface area (Å²) in [6.07, 6.45) is 1.25. The zero-order valence-electron chi connectivity index (χ0n) is 11.7. The molecule has 2 rings (SSSR count). The van der Waals surface area contributed by atoms with Crippen molar-refractivity contribution in [2.24, 2.45) is 5.73 Å². The highest BCUT2D eigenvalue weighted by atomic mass is 35.5. The maximum Gasteiger partial charge on any atom is 0.305 e. The molecular weight excluding hydrogens is 294 g/mol. The maximum atomic E-state index is 10.8. The van der Waals surface area contributed by atoms with Gasteiger partial charge in [0.2, 0.25) is 0 Å². The highest BCUT2D eigenvalue weighted by Crippen LogP contribution is 2.37. The zero-order valence-corrected chi connectivity index (χ0v) is 12.5. The minimum atomic E-state index is -0.952. The van der Waals surface area contributed by atoms with Crippen molar-refractivity contribution in [2.75, 3.05) is 19.8 Å². The molecule has 1 heterocycles. The number of aliphatic carboxylic acids is 1. The summed E-state index contributed by atoms with van der Waals surface area (Å²) in [5.74, 6) is -0.952. The summed E-state index contributed by atoms with van der Waals surface area (Å²) < 4.78 is 5.36. The van der Waals surface area contributed by atoms with E-state index in [0.29, 0.717) is 36.6 Å². The van der Waals surface area contributed by atoms with Crippen molar-refractivity contribution in [1.29, 1.82) is 0 Å². The smallest absolute Gasteiger partial charge is 0.305 e. The molecule has 1 saturated heterocycles. The molecule has 0 radical (unpaired) electrons. The molecule has 0 spiro atoms. The van der Waals surface area contributed by atoms with Crippen LogP contribution in [0.25, 0.3) is 0 Å². The van der Waals surface area contributed by atoms with Gasteiger partial charge in [-0.25, -0.2) is 0 Å². The lowest BCUT2D eigenvalue weighted by Gasteiger charge is -2.36. The number of aliphatic hydroxyl groups excluding tert-OH is 1. The van der Waals surface area contributed by atoms with Crippen LogP contribution in [0.4, 0.5) is 0 Å². The lowest BCUT2D eigenvalue weighted by molar-refractivity contribution is -0.137. The topological polar surface area (TPSA) is 92.8 Å². The molecule has 4 N–H and O–H groups in total. The number of carboxylic acids is 1. The van der Waals surface area contributed by atoms with Gasteiger partial charge in [0.15, 0.2) is 0 Å². The van der Waals surface area contributed by atoms with Crippen LogP contribution in [0.5, 0.6) is 0 Å². The van der Waals surface area contributed by atoms with Gasteiger partial charge >= 0.3 is 5.97 Å². The third-order valence-electron chi connectivity index (χ3n) is 4.11. The van der Waals surface area contributed by atoms with Crippen LogP contribution in [0, 0.1) is 0 Å². The molecule has 0 aromatic heterocycles. The molecule has 1 aliphatic rings. The van der Waals surface area contributed by atoms with Crippen molar-refractivity contribution in [3.63, 3.8) is 0 Å². The number of ether oxygens (including phenoxy) is 1. The fourth-order valence-electron chi connectivity index (χ4n) is 2.74. The summed E-state index contributed by atoms with van der Waals surface area (Å²) in [5.41, 5.74) is 7.11. The van der Waals surface area contributed by atoms with Gasteiger partial charge < -0.3 is 20.7 Å². The van der Waals surface area contributed by atoms with E-state index in [1.165, 1.54) is 0 Å². The van der Waals surface area contributed by atoms with Crippen LogP contribution < -0.4 is 5.73 Å². The monoisotopic (exact) mass is 313 g/mol. The van der Waals surface area contributed by atoms with Crippen LogP contribution in [-0.4, -0.2) is 36.0 Å². The van der Waals surface area contributed by atoms with E-state index >= 15 is 0 Å². The van der Waals surface area contributed by atoms with Crippen molar-refractivity contribution in [3.8, 4) is 0 Å². The highest BCUT2D eigenvalue weighted by molar-refractivity contribution is 6.30. The Morgan fingerprint density at radius 2 is 2.05 bits per heavy atom. The van der Waals surface area contributed by atoms with Crippen LogP contribution >= 0.6 is 11.6 Å². The van der Waals surface area contributed by atoms with Gasteiger partial charge in [-0.05, 0) is 36.1 Å². The SMILES string of the molecule is NC(CC(=O)O)c1cc(Cl)cc(C2(CO)CCOCC2)c1. The van der Waals surface area contributed by atoms with Crippen molar-refractivity contribution >= 4 is 17.6 Å². The maximum absolute atomic E-state index is 10.8. The average molecular weight is 314 g/mol. The van der Waals surface area contributed by atoms with Crippen molar-refractivity contribution in [1.82, 2.24) is 0 Å². The standard InChI is InChI=1S/C15H20ClNO4/c16-12-6-10(13(17)8-14(19)20)5-11(7-12)15(9-18)1-3-21-4-2-15/h5-7,13,18H,1-4,8-9,17H2,(H,19,20). The number of benzene rings is 1. The van der Waals surface area contributed by atoms with Gasteiger partial charge in [0.25, 0.3) is 0 Å². The van der Waals surface area contributed by atoms with Gasteiger partial charge in [-0.1, -0.05) is 17.7 Å². The second-order valence-electron chi connectivity index (χ2n) is 5.53. The first-order valence-electron chi connectivity index (χ1n) is 6.94. The minimum absolute atomic E-state index is 0.00428. The van der Waals surface area contributed by atoms with Crippen LogP contribution in [0.2, 0.25) is 5.02 Å². The van der Waals surface area contributed by atoms with E-state index in [0.717, 1.165) is 5.56 Å². The van der Waals surface area contributed by atoms with Gasteiger partial charge in [-0.2, -0.15) is 0 Å². The van der Waals surface area contributed by atoms with Gasteiger partial charge in [0.1, 0.15) is 0 Å². The van der Waals surface area contributed by atoms with Crippen LogP contribution in [0.3, 0.4) is 0 Å². The Labute approximate surface area is 128 Å². The summed E-state index contributed by atoms with van der Waals surface area (Å²) in [7, 11) is 0. The van der Waals surface area contributed by atoms with Crippen LogP contribution in [0.1, 0.15) is 36.4 Å². The molecule has 5 nitrogen and oxygen atoms in total. The van der Waals surface area contributed by atoms with Crippen molar-refractivity contribution in [2.45, 2.75) is 30.7 Å². The number of rotatable bonds is 5. The van der Waals surface area contributed by atoms with Crippen LogP contribution in [0.15, 0.2) is 18.2 Å². The van der Waals surface area contributed by atoms with Gasteiger partial charge in [-0.3, -0.25) is 4.79 Å². The molecule has 116 valence electrons. The van der Waals surface area contributed by atoms with Gasteiger partial charge in [-0.15, -0.1) is 0 Å². The molecule has 1 aromatic carbocycles. The summed E-state index contributed by atoms with van der Waals surface area (Å²) in [6, 6.07) is 4.75. The normalized spacial score (nSPS) is 19.2. The van der Waals surface area contributed by atoms with Gasteiger partial charge in [0.05, 0.1) is 13.0 Å². The number of aliphatic hydroxyl groups is 1. The first-order valence-corrected chi connectivity index (χ1v) is 7.31. The molecule has 0 saturated carbocycles. The zero-order chi connectivity index (χ0) is 15.5.